The molecule has 0 spiro atoms. The van der Waals surface area contributed by atoms with E-state index in [1.165, 1.54) is 11.1 Å². The van der Waals surface area contributed by atoms with Gasteiger partial charge in [0.1, 0.15) is 0 Å². The van der Waals surface area contributed by atoms with Crippen molar-refractivity contribution in [3.63, 3.8) is 0 Å². The molecule has 0 N–H and O–H groups in total. The third-order valence-corrected chi connectivity index (χ3v) is 4.35. The highest BCUT2D eigenvalue weighted by molar-refractivity contribution is 9.10. The molecule has 1 amide bonds. The molecule has 2 aromatic carbocycles. The van der Waals surface area contributed by atoms with Crippen molar-refractivity contribution in [2.45, 2.75) is 26.7 Å². The predicted octanol–water partition coefficient (Wildman–Crippen LogP) is 4.66. The lowest BCUT2D eigenvalue weighted by molar-refractivity contribution is 0.0985. The van der Waals surface area contributed by atoms with Crippen LogP contribution in [0.3, 0.4) is 0 Å². The number of amides is 1. The molecule has 1 heterocycles. The maximum atomic E-state index is 12.9. The van der Waals surface area contributed by atoms with Crippen LogP contribution in [0.4, 0.5) is 5.69 Å². The van der Waals surface area contributed by atoms with Crippen LogP contribution in [0.5, 0.6) is 0 Å². The number of carbonyl (C=O) groups is 1. The van der Waals surface area contributed by atoms with Crippen LogP contribution in [0.15, 0.2) is 40.9 Å². The second-order valence-corrected chi connectivity index (χ2v) is 6.63. The molecule has 1 aliphatic heterocycles. The van der Waals surface area contributed by atoms with Crippen molar-refractivity contribution in [2.75, 3.05) is 11.4 Å². The number of hydrogen-bond donors (Lipinski definition) is 0. The van der Waals surface area contributed by atoms with Gasteiger partial charge in [-0.1, -0.05) is 33.6 Å². The van der Waals surface area contributed by atoms with Gasteiger partial charge in [-0.15, -0.1) is 0 Å². The molecule has 21 heavy (non-hydrogen) atoms. The summed E-state index contributed by atoms with van der Waals surface area (Å²) in [4.78, 5) is 14.8. The van der Waals surface area contributed by atoms with Crippen molar-refractivity contribution in [1.29, 1.82) is 0 Å². The molecular formula is C18H18BrNO. The fourth-order valence-electron chi connectivity index (χ4n) is 2.95. The number of rotatable bonds is 1. The van der Waals surface area contributed by atoms with Gasteiger partial charge in [-0.05, 0) is 62.1 Å². The Morgan fingerprint density at radius 3 is 2.67 bits per heavy atom. The SMILES string of the molecule is Cc1cc(Br)cc(C(=O)N2CCCc3cc(C)ccc32)c1. The van der Waals surface area contributed by atoms with E-state index in [1.54, 1.807) is 0 Å². The second-order valence-electron chi connectivity index (χ2n) is 5.71. The van der Waals surface area contributed by atoms with Crippen LogP contribution in [-0.4, -0.2) is 12.5 Å². The number of hydrogen-bond acceptors (Lipinski definition) is 1. The monoisotopic (exact) mass is 343 g/mol. The zero-order valence-electron chi connectivity index (χ0n) is 12.3. The first kappa shape index (κ1) is 14.3. The number of benzene rings is 2. The predicted molar refractivity (Wildman–Crippen MR) is 90.1 cm³/mol. The number of aryl methyl sites for hydroxylation is 3. The van der Waals surface area contributed by atoms with Crippen molar-refractivity contribution in [2.24, 2.45) is 0 Å². The number of carbonyl (C=O) groups excluding carboxylic acids is 1. The maximum Gasteiger partial charge on any atom is 0.258 e. The van der Waals surface area contributed by atoms with Crippen molar-refractivity contribution in [1.82, 2.24) is 0 Å². The summed E-state index contributed by atoms with van der Waals surface area (Å²) in [7, 11) is 0. The average Bonchev–Trinajstić information content (AvgIpc) is 2.44. The highest BCUT2D eigenvalue weighted by atomic mass is 79.9. The van der Waals surface area contributed by atoms with E-state index in [4.69, 9.17) is 0 Å². The Labute approximate surface area is 133 Å². The summed E-state index contributed by atoms with van der Waals surface area (Å²) >= 11 is 3.48. The molecule has 0 fully saturated rings. The molecule has 2 nitrogen and oxygen atoms in total. The van der Waals surface area contributed by atoms with Gasteiger partial charge in [0.25, 0.3) is 5.91 Å². The smallest absolute Gasteiger partial charge is 0.258 e. The molecule has 0 atom stereocenters. The normalized spacial score (nSPS) is 14.0. The lowest BCUT2D eigenvalue weighted by Crippen LogP contribution is -2.35. The standard InChI is InChI=1S/C18H18BrNO/c1-12-5-6-17-14(8-12)4-3-7-20(17)18(21)15-9-13(2)10-16(19)11-15/h5-6,8-11H,3-4,7H2,1-2H3. The zero-order chi connectivity index (χ0) is 15.0. The van der Waals surface area contributed by atoms with E-state index >= 15 is 0 Å². The van der Waals surface area contributed by atoms with Gasteiger partial charge in [0.05, 0.1) is 0 Å². The number of halogens is 1. The Kier molecular flexibility index (Phi) is 3.85. The van der Waals surface area contributed by atoms with Crippen molar-refractivity contribution in [3.05, 3.63) is 63.1 Å². The highest BCUT2D eigenvalue weighted by Crippen LogP contribution is 2.29. The Morgan fingerprint density at radius 1 is 1.10 bits per heavy atom. The summed E-state index contributed by atoms with van der Waals surface area (Å²) < 4.78 is 0.951. The van der Waals surface area contributed by atoms with Gasteiger partial charge in [0.2, 0.25) is 0 Å². The molecule has 2 aromatic rings. The summed E-state index contributed by atoms with van der Waals surface area (Å²) in [5, 5.41) is 0. The Morgan fingerprint density at radius 2 is 1.90 bits per heavy atom. The summed E-state index contributed by atoms with van der Waals surface area (Å²) in [6.07, 6.45) is 2.08. The van der Waals surface area contributed by atoms with E-state index in [0.717, 1.165) is 40.7 Å². The van der Waals surface area contributed by atoms with Crippen molar-refractivity contribution < 1.29 is 4.79 Å². The Hall–Kier alpha value is -1.61. The van der Waals surface area contributed by atoms with Gasteiger partial charge in [-0.3, -0.25) is 4.79 Å². The minimum atomic E-state index is 0.0872. The molecule has 3 rings (SSSR count). The summed E-state index contributed by atoms with van der Waals surface area (Å²) in [5.41, 5.74) is 5.43. The van der Waals surface area contributed by atoms with E-state index < -0.39 is 0 Å². The third kappa shape index (κ3) is 2.88. The summed E-state index contributed by atoms with van der Waals surface area (Å²) in [6.45, 7) is 4.90. The van der Waals surface area contributed by atoms with E-state index in [0.29, 0.717) is 0 Å². The summed E-state index contributed by atoms with van der Waals surface area (Å²) in [6, 6.07) is 12.2. The van der Waals surface area contributed by atoms with Gasteiger partial charge >= 0.3 is 0 Å². The molecule has 0 bridgehead atoms. The topological polar surface area (TPSA) is 20.3 Å². The molecule has 0 radical (unpaired) electrons. The number of fused-ring (bicyclic) bond motifs is 1. The zero-order valence-corrected chi connectivity index (χ0v) is 13.9. The van der Waals surface area contributed by atoms with E-state index in [1.807, 2.05) is 30.0 Å². The van der Waals surface area contributed by atoms with Crippen LogP contribution < -0.4 is 4.90 Å². The molecule has 3 heteroatoms. The largest absolute Gasteiger partial charge is 0.308 e. The number of nitrogens with zero attached hydrogens (tertiary/aromatic N) is 1. The minimum Gasteiger partial charge on any atom is -0.308 e. The molecule has 0 aliphatic carbocycles. The van der Waals surface area contributed by atoms with Crippen molar-refractivity contribution in [3.8, 4) is 0 Å². The van der Waals surface area contributed by atoms with Crippen LogP contribution >= 0.6 is 15.9 Å². The first-order valence-electron chi connectivity index (χ1n) is 7.23. The average molecular weight is 344 g/mol. The van der Waals surface area contributed by atoms with E-state index in [9.17, 15) is 4.79 Å². The number of anilines is 1. The van der Waals surface area contributed by atoms with Crippen LogP contribution in [0, 0.1) is 13.8 Å². The lowest BCUT2D eigenvalue weighted by atomic mass is 9.98. The van der Waals surface area contributed by atoms with Crippen LogP contribution in [0.1, 0.15) is 33.5 Å². The molecule has 0 saturated heterocycles. The van der Waals surface area contributed by atoms with Crippen LogP contribution in [-0.2, 0) is 6.42 Å². The highest BCUT2D eigenvalue weighted by Gasteiger charge is 2.23. The fraction of sp³-hybridized carbons (Fsp3) is 0.278. The van der Waals surface area contributed by atoms with E-state index in [2.05, 4.69) is 41.1 Å². The van der Waals surface area contributed by atoms with Gasteiger partial charge in [0.15, 0.2) is 0 Å². The molecule has 108 valence electrons. The fourth-order valence-corrected chi connectivity index (χ4v) is 3.56. The maximum absolute atomic E-state index is 12.9. The van der Waals surface area contributed by atoms with Gasteiger partial charge in [-0.2, -0.15) is 0 Å². The minimum absolute atomic E-state index is 0.0872. The summed E-state index contributed by atoms with van der Waals surface area (Å²) in [5.74, 6) is 0.0872. The molecular weight excluding hydrogens is 326 g/mol. The second kappa shape index (κ2) is 5.64. The molecule has 0 saturated carbocycles. The molecule has 0 unspecified atom stereocenters. The molecule has 0 aromatic heterocycles. The molecule has 1 aliphatic rings. The Balaban J connectivity index is 2.00. The first-order valence-corrected chi connectivity index (χ1v) is 8.02. The first-order chi connectivity index (χ1) is 10.0. The lowest BCUT2D eigenvalue weighted by Gasteiger charge is -2.30. The van der Waals surface area contributed by atoms with E-state index in [-0.39, 0.29) is 5.91 Å². The van der Waals surface area contributed by atoms with Gasteiger partial charge in [0, 0.05) is 22.3 Å². The Bertz CT molecular complexity index is 688. The quantitative estimate of drug-likeness (QED) is 0.737. The van der Waals surface area contributed by atoms with Crippen LogP contribution in [0.25, 0.3) is 0 Å². The third-order valence-electron chi connectivity index (χ3n) is 3.89. The van der Waals surface area contributed by atoms with Crippen molar-refractivity contribution >= 4 is 27.5 Å². The van der Waals surface area contributed by atoms with Gasteiger partial charge in [-0.25, -0.2) is 0 Å². The van der Waals surface area contributed by atoms with Gasteiger partial charge < -0.3 is 4.90 Å². The van der Waals surface area contributed by atoms with Crippen LogP contribution in [0.2, 0.25) is 0 Å².